The first kappa shape index (κ1) is 22.7. The summed E-state index contributed by atoms with van der Waals surface area (Å²) in [6.45, 7) is 3.62. The maximum Gasteiger partial charge on any atom is 0.295 e. The second-order valence-electron chi connectivity index (χ2n) is 8.22. The molecule has 0 aliphatic carbocycles. The van der Waals surface area contributed by atoms with Gasteiger partial charge in [-0.2, -0.15) is 0 Å². The number of fused-ring (bicyclic) bond motifs is 1. The highest BCUT2D eigenvalue weighted by atomic mass is 16.7. The number of amides is 1. The number of Topliss-reactive ketones (excluding diaryl/α,β-unsaturated/α-hetero) is 1. The maximum atomic E-state index is 13.1. The van der Waals surface area contributed by atoms with Crippen LogP contribution in [-0.4, -0.2) is 67.2 Å². The standard InChI is InChI=1S/C25H28N2O6/c1-4-31-18-8-5-7-16(13-18)22-21(24(29)25(30)27(22)12-6-11-26(2)3)23(28)17-9-10-19-20(14-17)33-15-32-19/h5,7-10,13-14,22,28H,4,6,11-12,15H2,1-3H3/b23-21-. The molecule has 0 aromatic heterocycles. The van der Waals surface area contributed by atoms with Crippen molar-refractivity contribution in [2.45, 2.75) is 19.4 Å². The molecule has 0 spiro atoms. The van der Waals surface area contributed by atoms with Crippen LogP contribution in [-0.2, 0) is 9.59 Å². The molecule has 8 heteroatoms. The van der Waals surface area contributed by atoms with Crippen molar-refractivity contribution in [1.82, 2.24) is 9.80 Å². The largest absolute Gasteiger partial charge is 0.507 e. The van der Waals surface area contributed by atoms with Gasteiger partial charge in [0.25, 0.3) is 11.7 Å². The molecule has 1 amide bonds. The Morgan fingerprint density at radius 2 is 1.94 bits per heavy atom. The molecule has 1 unspecified atom stereocenters. The molecular formula is C25H28N2O6. The molecule has 0 bridgehead atoms. The van der Waals surface area contributed by atoms with Crippen LogP contribution in [0.25, 0.3) is 5.76 Å². The fraction of sp³-hybridized carbons (Fsp3) is 0.360. The van der Waals surface area contributed by atoms with E-state index < -0.39 is 17.7 Å². The molecule has 1 fully saturated rings. The van der Waals surface area contributed by atoms with Crippen molar-refractivity contribution in [2.75, 3.05) is 40.6 Å². The molecule has 1 saturated heterocycles. The van der Waals surface area contributed by atoms with Crippen LogP contribution in [0.15, 0.2) is 48.0 Å². The average molecular weight is 453 g/mol. The number of benzene rings is 2. The van der Waals surface area contributed by atoms with Crippen molar-refractivity contribution in [3.63, 3.8) is 0 Å². The first-order valence-corrected chi connectivity index (χ1v) is 11.0. The zero-order chi connectivity index (χ0) is 23.5. The van der Waals surface area contributed by atoms with E-state index in [0.717, 1.165) is 6.54 Å². The Kier molecular flexibility index (Phi) is 6.55. The summed E-state index contributed by atoms with van der Waals surface area (Å²) in [6.07, 6.45) is 0.686. The Balaban J connectivity index is 1.79. The van der Waals surface area contributed by atoms with E-state index in [-0.39, 0.29) is 18.1 Å². The van der Waals surface area contributed by atoms with E-state index in [1.807, 2.05) is 50.2 Å². The molecule has 8 nitrogen and oxygen atoms in total. The van der Waals surface area contributed by atoms with Crippen LogP contribution in [0.1, 0.15) is 30.5 Å². The van der Waals surface area contributed by atoms with Gasteiger partial charge in [-0.25, -0.2) is 0 Å². The lowest BCUT2D eigenvalue weighted by molar-refractivity contribution is -0.139. The van der Waals surface area contributed by atoms with Gasteiger partial charge in [0, 0.05) is 12.1 Å². The molecule has 2 aliphatic heterocycles. The van der Waals surface area contributed by atoms with Crippen molar-refractivity contribution < 1.29 is 28.9 Å². The van der Waals surface area contributed by atoms with Gasteiger partial charge >= 0.3 is 0 Å². The van der Waals surface area contributed by atoms with Gasteiger partial charge in [0.2, 0.25) is 6.79 Å². The van der Waals surface area contributed by atoms with Crippen LogP contribution in [0.3, 0.4) is 0 Å². The molecular weight excluding hydrogens is 424 g/mol. The number of aliphatic hydroxyl groups is 1. The van der Waals surface area contributed by atoms with Gasteiger partial charge in [-0.05, 0) is 69.9 Å². The molecule has 2 aliphatic rings. The first-order valence-electron chi connectivity index (χ1n) is 11.0. The third-order valence-corrected chi connectivity index (χ3v) is 5.68. The number of likely N-dealkylation sites (tertiary alicyclic amines) is 1. The zero-order valence-corrected chi connectivity index (χ0v) is 19.0. The minimum Gasteiger partial charge on any atom is -0.507 e. The molecule has 2 aromatic carbocycles. The molecule has 0 saturated carbocycles. The van der Waals surface area contributed by atoms with Crippen molar-refractivity contribution in [3.8, 4) is 17.2 Å². The van der Waals surface area contributed by atoms with E-state index in [9.17, 15) is 14.7 Å². The normalized spacial score (nSPS) is 18.9. The Morgan fingerprint density at radius 3 is 2.70 bits per heavy atom. The number of rotatable bonds is 8. The summed E-state index contributed by atoms with van der Waals surface area (Å²) in [7, 11) is 3.91. The molecule has 4 rings (SSSR count). The van der Waals surface area contributed by atoms with Crippen LogP contribution >= 0.6 is 0 Å². The Hall–Kier alpha value is -3.52. The van der Waals surface area contributed by atoms with E-state index in [1.54, 1.807) is 18.2 Å². The molecule has 1 atom stereocenters. The van der Waals surface area contributed by atoms with E-state index in [1.165, 1.54) is 4.90 Å². The summed E-state index contributed by atoms with van der Waals surface area (Å²) in [4.78, 5) is 29.8. The molecule has 2 heterocycles. The second-order valence-corrected chi connectivity index (χ2v) is 8.22. The lowest BCUT2D eigenvalue weighted by Crippen LogP contribution is -2.32. The molecule has 0 radical (unpaired) electrons. The van der Waals surface area contributed by atoms with Crippen LogP contribution < -0.4 is 14.2 Å². The number of ether oxygens (including phenoxy) is 3. The van der Waals surface area contributed by atoms with Crippen molar-refractivity contribution in [3.05, 3.63) is 59.2 Å². The fourth-order valence-electron chi connectivity index (χ4n) is 4.15. The van der Waals surface area contributed by atoms with Crippen LogP contribution in [0.4, 0.5) is 0 Å². The highest BCUT2D eigenvalue weighted by molar-refractivity contribution is 6.46. The van der Waals surface area contributed by atoms with Crippen LogP contribution in [0.5, 0.6) is 17.2 Å². The average Bonchev–Trinajstić information content (AvgIpc) is 3.36. The topological polar surface area (TPSA) is 88.5 Å². The van der Waals surface area contributed by atoms with Gasteiger partial charge in [0.15, 0.2) is 11.5 Å². The zero-order valence-electron chi connectivity index (χ0n) is 19.0. The summed E-state index contributed by atoms with van der Waals surface area (Å²) in [5, 5.41) is 11.2. The summed E-state index contributed by atoms with van der Waals surface area (Å²) in [5.41, 5.74) is 1.14. The monoisotopic (exact) mass is 452 g/mol. The number of carbonyl (C=O) groups is 2. The molecule has 33 heavy (non-hydrogen) atoms. The maximum absolute atomic E-state index is 13.1. The fourth-order valence-corrected chi connectivity index (χ4v) is 4.15. The highest BCUT2D eigenvalue weighted by Crippen LogP contribution is 2.42. The smallest absolute Gasteiger partial charge is 0.295 e. The van der Waals surface area contributed by atoms with E-state index in [4.69, 9.17) is 14.2 Å². The van der Waals surface area contributed by atoms with Crippen LogP contribution in [0.2, 0.25) is 0 Å². The highest BCUT2D eigenvalue weighted by Gasteiger charge is 2.46. The summed E-state index contributed by atoms with van der Waals surface area (Å²) in [5.74, 6) is 0.112. The lowest BCUT2D eigenvalue weighted by Gasteiger charge is -2.26. The predicted octanol–water partition coefficient (Wildman–Crippen LogP) is 3.19. The molecule has 174 valence electrons. The number of hydrogen-bond donors (Lipinski definition) is 1. The lowest BCUT2D eigenvalue weighted by atomic mass is 9.95. The number of aliphatic hydroxyl groups excluding tert-OH is 1. The summed E-state index contributed by atoms with van der Waals surface area (Å²) in [6, 6.07) is 11.5. The summed E-state index contributed by atoms with van der Waals surface area (Å²) < 4.78 is 16.4. The van der Waals surface area contributed by atoms with Gasteiger partial charge in [0.1, 0.15) is 11.5 Å². The van der Waals surface area contributed by atoms with Crippen molar-refractivity contribution in [2.24, 2.45) is 0 Å². The minimum absolute atomic E-state index is 0.0531. The SMILES string of the molecule is CCOc1cccc(C2/C(=C(/O)c3ccc4c(c3)OCO4)C(=O)C(=O)N2CCCN(C)C)c1. The van der Waals surface area contributed by atoms with Crippen molar-refractivity contribution in [1.29, 1.82) is 0 Å². The number of nitrogens with zero attached hydrogens (tertiary/aromatic N) is 2. The van der Waals surface area contributed by atoms with E-state index in [0.29, 0.717) is 47.9 Å². The Bertz CT molecular complexity index is 1090. The summed E-state index contributed by atoms with van der Waals surface area (Å²) >= 11 is 0. The van der Waals surface area contributed by atoms with Gasteiger partial charge in [-0.1, -0.05) is 12.1 Å². The number of hydrogen-bond acceptors (Lipinski definition) is 7. The molecule has 1 N–H and O–H groups in total. The second kappa shape index (κ2) is 9.54. The Morgan fingerprint density at radius 1 is 1.15 bits per heavy atom. The molecule has 2 aromatic rings. The van der Waals surface area contributed by atoms with E-state index in [2.05, 4.69) is 0 Å². The first-order chi connectivity index (χ1) is 15.9. The number of carbonyl (C=O) groups excluding carboxylic acids is 2. The van der Waals surface area contributed by atoms with Gasteiger partial charge in [0.05, 0.1) is 18.2 Å². The van der Waals surface area contributed by atoms with Crippen LogP contribution in [0, 0.1) is 0 Å². The van der Waals surface area contributed by atoms with Gasteiger partial charge in [-0.3, -0.25) is 9.59 Å². The van der Waals surface area contributed by atoms with Crippen molar-refractivity contribution >= 4 is 17.4 Å². The van der Waals surface area contributed by atoms with E-state index >= 15 is 0 Å². The number of ketones is 1. The predicted molar refractivity (Wildman–Crippen MR) is 122 cm³/mol. The third kappa shape index (κ3) is 4.52. The van der Waals surface area contributed by atoms with Gasteiger partial charge < -0.3 is 29.1 Å². The quantitative estimate of drug-likeness (QED) is 0.374. The van der Waals surface area contributed by atoms with Gasteiger partial charge in [-0.15, -0.1) is 0 Å². The minimum atomic E-state index is -0.724. The third-order valence-electron chi connectivity index (χ3n) is 5.68. The Labute approximate surface area is 193 Å².